The number of amides is 1. The molecule has 0 fully saturated rings. The van der Waals surface area contributed by atoms with Crippen molar-refractivity contribution in [1.29, 1.82) is 0 Å². The van der Waals surface area contributed by atoms with Gasteiger partial charge in [-0.15, -0.1) is 0 Å². The van der Waals surface area contributed by atoms with Crippen LogP contribution in [0.25, 0.3) is 0 Å². The zero-order valence-corrected chi connectivity index (χ0v) is 17.6. The van der Waals surface area contributed by atoms with Crippen LogP contribution in [-0.4, -0.2) is 44.5 Å². The molecular formula is C18H21BrN2O3S2. The summed E-state index contributed by atoms with van der Waals surface area (Å²) in [5.74, 6) is 1.34. The Labute approximate surface area is 167 Å². The Bertz CT molecular complexity index is 812. The van der Waals surface area contributed by atoms with Crippen LogP contribution in [0.15, 0.2) is 64.0 Å². The van der Waals surface area contributed by atoms with Gasteiger partial charge in [0, 0.05) is 29.6 Å². The molecule has 0 spiro atoms. The topological polar surface area (TPSA) is 66.5 Å². The van der Waals surface area contributed by atoms with Crippen molar-refractivity contribution in [2.24, 2.45) is 0 Å². The second kappa shape index (κ2) is 10.1. The first-order chi connectivity index (χ1) is 12.4. The Balaban J connectivity index is 1.73. The van der Waals surface area contributed by atoms with Crippen molar-refractivity contribution < 1.29 is 13.2 Å². The number of nitrogens with one attached hydrogen (secondary N) is 1. The predicted octanol–water partition coefficient (Wildman–Crippen LogP) is 3.12. The van der Waals surface area contributed by atoms with Gasteiger partial charge in [0.1, 0.15) is 0 Å². The van der Waals surface area contributed by atoms with Crippen molar-refractivity contribution in [2.45, 2.75) is 10.6 Å². The van der Waals surface area contributed by atoms with Gasteiger partial charge in [-0.1, -0.05) is 46.3 Å². The molecule has 0 unspecified atom stereocenters. The summed E-state index contributed by atoms with van der Waals surface area (Å²) in [5.41, 5.74) is 1.24. The van der Waals surface area contributed by atoms with Crippen LogP contribution in [-0.2, 0) is 20.6 Å². The number of rotatable bonds is 9. The molecule has 1 amide bonds. The van der Waals surface area contributed by atoms with E-state index in [2.05, 4.69) is 33.4 Å². The van der Waals surface area contributed by atoms with Gasteiger partial charge in [0.2, 0.25) is 15.9 Å². The van der Waals surface area contributed by atoms with Crippen molar-refractivity contribution in [2.75, 3.05) is 25.9 Å². The van der Waals surface area contributed by atoms with Gasteiger partial charge in [0.15, 0.2) is 0 Å². The molecular weight excluding hydrogens is 436 g/mol. The standard InChI is InChI=1S/C18H21BrN2O3S2/c1-21(26(23,24)17-9-7-16(19)8-10-17)13-18(22)20-11-12-25-14-15-5-3-2-4-6-15/h2-10H,11-14H2,1H3,(H,20,22). The number of likely N-dealkylation sites (N-methyl/N-ethyl adjacent to an activating group) is 1. The van der Waals surface area contributed by atoms with E-state index in [1.54, 1.807) is 23.9 Å². The minimum atomic E-state index is -3.68. The van der Waals surface area contributed by atoms with E-state index in [9.17, 15) is 13.2 Å². The first kappa shape index (κ1) is 21.0. The van der Waals surface area contributed by atoms with E-state index in [0.29, 0.717) is 6.54 Å². The average molecular weight is 457 g/mol. The van der Waals surface area contributed by atoms with E-state index in [0.717, 1.165) is 20.3 Å². The zero-order chi connectivity index (χ0) is 19.0. The van der Waals surface area contributed by atoms with Crippen molar-refractivity contribution in [3.63, 3.8) is 0 Å². The second-order valence-corrected chi connectivity index (χ2v) is 9.67. The number of carbonyl (C=O) groups is 1. The van der Waals surface area contributed by atoms with Crippen LogP contribution in [0, 0.1) is 0 Å². The Kier molecular flexibility index (Phi) is 8.15. The highest BCUT2D eigenvalue weighted by Gasteiger charge is 2.22. The summed E-state index contributed by atoms with van der Waals surface area (Å²) in [6, 6.07) is 16.4. The van der Waals surface area contributed by atoms with E-state index >= 15 is 0 Å². The van der Waals surface area contributed by atoms with Crippen molar-refractivity contribution in [1.82, 2.24) is 9.62 Å². The summed E-state index contributed by atoms with van der Waals surface area (Å²) < 4.78 is 26.7. The molecule has 26 heavy (non-hydrogen) atoms. The Morgan fingerprint density at radius 1 is 1.12 bits per heavy atom. The molecule has 0 aliphatic carbocycles. The first-order valence-corrected chi connectivity index (χ1v) is 11.4. The molecule has 0 atom stereocenters. The third-order valence-corrected chi connectivity index (χ3v) is 6.94. The zero-order valence-electron chi connectivity index (χ0n) is 14.4. The Morgan fingerprint density at radius 3 is 2.42 bits per heavy atom. The number of hydrogen-bond donors (Lipinski definition) is 1. The number of benzene rings is 2. The highest BCUT2D eigenvalue weighted by atomic mass is 79.9. The molecule has 2 aromatic carbocycles. The van der Waals surface area contributed by atoms with Crippen LogP contribution < -0.4 is 5.32 Å². The minimum absolute atomic E-state index is 0.161. The van der Waals surface area contributed by atoms with Gasteiger partial charge < -0.3 is 5.32 Å². The molecule has 0 radical (unpaired) electrons. The van der Waals surface area contributed by atoms with Gasteiger partial charge in [0.05, 0.1) is 11.4 Å². The van der Waals surface area contributed by atoms with E-state index in [1.165, 1.54) is 24.7 Å². The number of sulfonamides is 1. The summed E-state index contributed by atoms with van der Waals surface area (Å²) in [6.45, 7) is 0.296. The monoisotopic (exact) mass is 456 g/mol. The summed E-state index contributed by atoms with van der Waals surface area (Å²) >= 11 is 4.99. The molecule has 0 saturated carbocycles. The molecule has 0 saturated heterocycles. The van der Waals surface area contributed by atoms with Gasteiger partial charge in [0.25, 0.3) is 0 Å². The molecule has 5 nitrogen and oxygen atoms in total. The fraction of sp³-hybridized carbons (Fsp3) is 0.278. The van der Waals surface area contributed by atoms with E-state index < -0.39 is 10.0 Å². The quantitative estimate of drug-likeness (QED) is 0.588. The maximum atomic E-state index is 12.4. The fourth-order valence-corrected chi connectivity index (χ4v) is 4.37. The summed E-state index contributed by atoms with van der Waals surface area (Å²) in [4.78, 5) is 12.1. The van der Waals surface area contributed by atoms with Crippen LogP contribution in [0.5, 0.6) is 0 Å². The lowest BCUT2D eigenvalue weighted by molar-refractivity contribution is -0.121. The second-order valence-electron chi connectivity index (χ2n) is 5.60. The maximum absolute atomic E-state index is 12.4. The third-order valence-electron chi connectivity index (χ3n) is 3.57. The lowest BCUT2D eigenvalue weighted by atomic mass is 10.2. The number of hydrogen-bond acceptors (Lipinski definition) is 4. The fourth-order valence-electron chi connectivity index (χ4n) is 2.16. The molecule has 0 heterocycles. The van der Waals surface area contributed by atoms with Gasteiger partial charge in [-0.3, -0.25) is 4.79 Å². The lowest BCUT2D eigenvalue weighted by Crippen LogP contribution is -2.39. The van der Waals surface area contributed by atoms with Gasteiger partial charge in [-0.25, -0.2) is 8.42 Å². The van der Waals surface area contributed by atoms with Crippen LogP contribution >= 0.6 is 27.7 Å². The van der Waals surface area contributed by atoms with E-state index in [4.69, 9.17) is 0 Å². The highest BCUT2D eigenvalue weighted by molar-refractivity contribution is 9.10. The molecule has 2 rings (SSSR count). The maximum Gasteiger partial charge on any atom is 0.243 e. The molecule has 0 aliphatic heterocycles. The smallest absolute Gasteiger partial charge is 0.243 e. The Morgan fingerprint density at radius 2 is 1.77 bits per heavy atom. The molecule has 2 aromatic rings. The summed E-state index contributed by atoms with van der Waals surface area (Å²) in [7, 11) is -2.27. The molecule has 0 aliphatic rings. The van der Waals surface area contributed by atoms with Gasteiger partial charge in [-0.2, -0.15) is 16.1 Å². The van der Waals surface area contributed by atoms with Crippen LogP contribution in [0.2, 0.25) is 0 Å². The summed E-state index contributed by atoms with van der Waals surface area (Å²) in [6.07, 6.45) is 0. The Hall–Kier alpha value is -1.35. The van der Waals surface area contributed by atoms with E-state index in [-0.39, 0.29) is 17.3 Å². The molecule has 8 heteroatoms. The third kappa shape index (κ3) is 6.42. The highest BCUT2D eigenvalue weighted by Crippen LogP contribution is 2.17. The molecule has 1 N–H and O–H groups in total. The average Bonchev–Trinajstić information content (AvgIpc) is 2.62. The van der Waals surface area contributed by atoms with Crippen LogP contribution in [0.3, 0.4) is 0 Å². The SMILES string of the molecule is CN(CC(=O)NCCSCc1ccccc1)S(=O)(=O)c1ccc(Br)cc1. The number of carbonyl (C=O) groups excluding carboxylic acids is 1. The summed E-state index contributed by atoms with van der Waals surface area (Å²) in [5, 5.41) is 2.76. The van der Waals surface area contributed by atoms with Crippen LogP contribution in [0.1, 0.15) is 5.56 Å². The number of nitrogens with zero attached hydrogens (tertiary/aromatic N) is 1. The predicted molar refractivity (Wildman–Crippen MR) is 110 cm³/mol. The first-order valence-electron chi connectivity index (χ1n) is 8.00. The number of thioether (sulfide) groups is 1. The molecule has 140 valence electrons. The van der Waals surface area contributed by atoms with Crippen molar-refractivity contribution in [3.8, 4) is 0 Å². The number of halogens is 1. The van der Waals surface area contributed by atoms with Crippen molar-refractivity contribution >= 4 is 43.6 Å². The van der Waals surface area contributed by atoms with Gasteiger partial charge in [-0.05, 0) is 29.8 Å². The molecule has 0 bridgehead atoms. The molecule has 0 aromatic heterocycles. The lowest BCUT2D eigenvalue weighted by Gasteiger charge is -2.17. The van der Waals surface area contributed by atoms with Crippen molar-refractivity contribution in [3.05, 3.63) is 64.6 Å². The largest absolute Gasteiger partial charge is 0.354 e. The van der Waals surface area contributed by atoms with Gasteiger partial charge >= 0.3 is 0 Å². The normalized spacial score (nSPS) is 11.5. The minimum Gasteiger partial charge on any atom is -0.354 e. The van der Waals surface area contributed by atoms with Crippen LogP contribution in [0.4, 0.5) is 0 Å². The van der Waals surface area contributed by atoms with E-state index in [1.807, 2.05) is 18.2 Å².